The van der Waals surface area contributed by atoms with Crippen LogP contribution in [0.5, 0.6) is 5.75 Å². The number of carbonyl (C=O) groups excluding carboxylic acids is 2. The topological polar surface area (TPSA) is 89.5 Å². The lowest BCUT2D eigenvalue weighted by molar-refractivity contribution is -0.120. The number of rotatable bonds is 1. The molecule has 1 aromatic heterocycles. The van der Waals surface area contributed by atoms with Crippen LogP contribution in [-0.2, 0) is 17.8 Å². The van der Waals surface area contributed by atoms with Crippen molar-refractivity contribution in [3.63, 3.8) is 0 Å². The van der Waals surface area contributed by atoms with Gasteiger partial charge in [-0.2, -0.15) is 0 Å². The molecule has 7 heteroatoms. The van der Waals surface area contributed by atoms with Crippen molar-refractivity contribution < 1.29 is 14.7 Å². The summed E-state index contributed by atoms with van der Waals surface area (Å²) in [5, 5.41) is 9.32. The number of nitrogens with one attached hydrogen (secondary N) is 1. The molecule has 0 saturated carbocycles. The van der Waals surface area contributed by atoms with E-state index < -0.39 is 6.04 Å². The van der Waals surface area contributed by atoms with Gasteiger partial charge in [0.05, 0.1) is 29.9 Å². The molecule has 3 heterocycles. The molecule has 2 aliphatic rings. The summed E-state index contributed by atoms with van der Waals surface area (Å²) in [4.78, 5) is 34.9. The lowest BCUT2D eigenvalue weighted by Gasteiger charge is -2.25. The van der Waals surface area contributed by atoms with E-state index in [-0.39, 0.29) is 17.7 Å². The van der Waals surface area contributed by atoms with E-state index >= 15 is 0 Å². The molecule has 0 radical (unpaired) electrons. The highest BCUT2D eigenvalue weighted by molar-refractivity contribution is 6.21. The summed E-state index contributed by atoms with van der Waals surface area (Å²) in [5.41, 5.74) is 2.18. The molecule has 1 aromatic carbocycles. The van der Waals surface area contributed by atoms with Crippen LogP contribution in [0.25, 0.3) is 0 Å². The van der Waals surface area contributed by atoms with Crippen LogP contribution in [0.15, 0.2) is 30.6 Å². The second kappa shape index (κ2) is 4.08. The van der Waals surface area contributed by atoms with Crippen LogP contribution in [0.3, 0.4) is 0 Å². The maximum atomic E-state index is 12.5. The van der Waals surface area contributed by atoms with Gasteiger partial charge in [0.2, 0.25) is 0 Å². The van der Waals surface area contributed by atoms with Gasteiger partial charge in [-0.1, -0.05) is 0 Å². The second-order valence-electron chi connectivity index (χ2n) is 5.15. The van der Waals surface area contributed by atoms with E-state index in [4.69, 9.17) is 0 Å². The number of H-pyrrole nitrogens is 1. The number of carbonyl (C=O) groups is 2. The van der Waals surface area contributed by atoms with Gasteiger partial charge in [-0.3, -0.25) is 4.79 Å². The molecule has 0 aliphatic carbocycles. The summed E-state index contributed by atoms with van der Waals surface area (Å²) in [6.07, 6.45) is 2.01. The van der Waals surface area contributed by atoms with Crippen LogP contribution in [0.1, 0.15) is 11.4 Å². The number of aromatic hydroxyl groups is 1. The molecule has 1 fully saturated rings. The number of nitrogens with zero attached hydrogens (tertiary/aromatic N) is 3. The molecule has 1 unspecified atom stereocenters. The third kappa shape index (κ3) is 1.63. The summed E-state index contributed by atoms with van der Waals surface area (Å²) >= 11 is 0. The summed E-state index contributed by atoms with van der Waals surface area (Å²) in [6.45, 7) is 0.360. The number of phenolic OH excluding ortho intramolecular Hbond substituents is 1. The lowest BCUT2D eigenvalue weighted by Crippen LogP contribution is -2.40. The highest BCUT2D eigenvalue weighted by Crippen LogP contribution is 2.32. The maximum Gasteiger partial charge on any atom is 0.332 e. The molecule has 2 N–H and O–H groups in total. The number of benzene rings is 1. The first-order chi connectivity index (χ1) is 10.1. The quantitative estimate of drug-likeness (QED) is 0.765. The number of imide groups is 1. The van der Waals surface area contributed by atoms with Gasteiger partial charge >= 0.3 is 6.03 Å². The molecule has 2 aliphatic heterocycles. The highest BCUT2D eigenvalue weighted by atomic mass is 16.3. The largest absolute Gasteiger partial charge is 0.508 e. The Kier molecular flexibility index (Phi) is 2.32. The normalized spacial score (nSPS) is 20.7. The Bertz CT molecular complexity index is 698. The average Bonchev–Trinajstić information content (AvgIpc) is 3.03. The molecule has 7 nitrogen and oxygen atoms in total. The number of hydrogen-bond acceptors (Lipinski definition) is 4. The fraction of sp³-hybridized carbons (Fsp3) is 0.214. The number of aromatic nitrogens is 2. The summed E-state index contributed by atoms with van der Waals surface area (Å²) < 4.78 is 0. The van der Waals surface area contributed by atoms with Crippen molar-refractivity contribution in [3.05, 3.63) is 42.0 Å². The Morgan fingerprint density at radius 2 is 2.00 bits per heavy atom. The van der Waals surface area contributed by atoms with Crippen molar-refractivity contribution in [2.24, 2.45) is 0 Å². The number of aromatic amines is 1. The van der Waals surface area contributed by atoms with Crippen LogP contribution >= 0.6 is 0 Å². The van der Waals surface area contributed by atoms with E-state index in [1.807, 2.05) is 0 Å². The lowest BCUT2D eigenvalue weighted by atomic mass is 10.0. The molecule has 106 valence electrons. The van der Waals surface area contributed by atoms with Gasteiger partial charge in [0.15, 0.2) is 0 Å². The van der Waals surface area contributed by atoms with Crippen molar-refractivity contribution >= 4 is 17.6 Å². The van der Waals surface area contributed by atoms with Crippen LogP contribution in [-0.4, -0.2) is 38.0 Å². The number of hydrogen-bond donors (Lipinski definition) is 2. The van der Waals surface area contributed by atoms with Gasteiger partial charge < -0.3 is 15.0 Å². The fourth-order valence-electron chi connectivity index (χ4n) is 2.87. The number of phenols is 1. The number of imidazole rings is 1. The Labute approximate surface area is 119 Å². The summed E-state index contributed by atoms with van der Waals surface area (Å²) in [6, 6.07) is 5.19. The van der Waals surface area contributed by atoms with Gasteiger partial charge in [0, 0.05) is 6.42 Å². The fourth-order valence-corrected chi connectivity index (χ4v) is 2.87. The van der Waals surface area contributed by atoms with E-state index in [9.17, 15) is 14.7 Å². The molecule has 2 aromatic rings. The minimum absolute atomic E-state index is 0.0924. The molecule has 1 saturated heterocycles. The molecular weight excluding hydrogens is 272 g/mol. The Morgan fingerprint density at radius 1 is 1.24 bits per heavy atom. The zero-order chi connectivity index (χ0) is 14.6. The molecular formula is C14H12N4O3. The average molecular weight is 284 g/mol. The van der Waals surface area contributed by atoms with Crippen LogP contribution in [0, 0.1) is 0 Å². The van der Waals surface area contributed by atoms with Gasteiger partial charge in [-0.15, -0.1) is 0 Å². The predicted octanol–water partition coefficient (Wildman–Crippen LogP) is 1.01. The van der Waals surface area contributed by atoms with E-state index in [1.54, 1.807) is 23.4 Å². The van der Waals surface area contributed by atoms with E-state index in [0.717, 1.165) is 16.3 Å². The predicted molar refractivity (Wildman–Crippen MR) is 72.6 cm³/mol. The number of anilines is 1. The van der Waals surface area contributed by atoms with Gasteiger partial charge in [-0.05, 0) is 24.3 Å². The zero-order valence-electron chi connectivity index (χ0n) is 11.0. The van der Waals surface area contributed by atoms with Crippen molar-refractivity contribution in [1.82, 2.24) is 14.9 Å². The van der Waals surface area contributed by atoms with Crippen LogP contribution < -0.4 is 4.90 Å². The zero-order valence-corrected chi connectivity index (χ0v) is 11.0. The van der Waals surface area contributed by atoms with Gasteiger partial charge in [0.1, 0.15) is 11.8 Å². The summed E-state index contributed by atoms with van der Waals surface area (Å²) in [5.74, 6) is -0.158. The monoisotopic (exact) mass is 284 g/mol. The Morgan fingerprint density at radius 3 is 2.76 bits per heavy atom. The van der Waals surface area contributed by atoms with Crippen molar-refractivity contribution in [1.29, 1.82) is 0 Å². The molecule has 0 spiro atoms. The minimum Gasteiger partial charge on any atom is -0.508 e. The van der Waals surface area contributed by atoms with Gasteiger partial charge in [-0.25, -0.2) is 14.7 Å². The maximum absolute atomic E-state index is 12.5. The minimum atomic E-state index is -0.498. The molecule has 0 bridgehead atoms. The third-order valence-electron chi connectivity index (χ3n) is 3.95. The number of fused-ring (bicyclic) bond motifs is 2. The SMILES string of the molecule is O=C1C2Cc3nc[nH]c3CN2C(=O)N1c1ccc(O)cc1. The highest BCUT2D eigenvalue weighted by Gasteiger charge is 2.48. The van der Waals surface area contributed by atoms with Crippen molar-refractivity contribution in [2.75, 3.05) is 4.90 Å². The smallest absolute Gasteiger partial charge is 0.332 e. The Hall–Kier alpha value is -2.83. The number of amides is 3. The first-order valence-electron chi connectivity index (χ1n) is 6.60. The molecule has 3 amide bonds. The standard InChI is InChI=1S/C14H12N4O3/c19-9-3-1-8(2-4-9)18-13(20)12-5-10-11(16-7-15-10)6-17(12)14(18)21/h1-4,7,12,19H,5-6H2,(H,15,16). The number of urea groups is 1. The van der Waals surface area contributed by atoms with Crippen molar-refractivity contribution in [2.45, 2.75) is 19.0 Å². The third-order valence-corrected chi connectivity index (χ3v) is 3.95. The van der Waals surface area contributed by atoms with E-state index in [0.29, 0.717) is 18.7 Å². The van der Waals surface area contributed by atoms with Crippen LogP contribution in [0.2, 0.25) is 0 Å². The first-order valence-corrected chi connectivity index (χ1v) is 6.60. The van der Waals surface area contributed by atoms with E-state index in [1.165, 1.54) is 12.1 Å². The van der Waals surface area contributed by atoms with Crippen molar-refractivity contribution in [3.8, 4) is 5.75 Å². The molecule has 21 heavy (non-hydrogen) atoms. The summed E-state index contributed by atoms with van der Waals surface area (Å²) in [7, 11) is 0. The first kappa shape index (κ1) is 12.0. The Balaban J connectivity index is 1.71. The molecule has 1 atom stereocenters. The molecule has 4 rings (SSSR count). The van der Waals surface area contributed by atoms with Crippen LogP contribution in [0.4, 0.5) is 10.5 Å². The second-order valence-corrected chi connectivity index (χ2v) is 5.15. The van der Waals surface area contributed by atoms with Gasteiger partial charge in [0.25, 0.3) is 5.91 Å². The van der Waals surface area contributed by atoms with E-state index in [2.05, 4.69) is 9.97 Å².